The van der Waals surface area contributed by atoms with E-state index >= 15 is 0 Å². The van der Waals surface area contributed by atoms with Gasteiger partial charge in [0.1, 0.15) is 12.1 Å². The Kier molecular flexibility index (Phi) is 5.25. The Bertz CT molecular complexity index is 291. The normalized spacial score (nSPS) is 26.6. The molecule has 0 radical (unpaired) electrons. The van der Waals surface area contributed by atoms with Gasteiger partial charge in [-0.3, -0.25) is 0 Å². The maximum atomic E-state index is 11.7. The highest BCUT2D eigenvalue weighted by molar-refractivity contribution is 5.80. The number of ether oxygens (including phenoxy) is 2. The summed E-state index contributed by atoms with van der Waals surface area (Å²) < 4.78 is 10.3. The first-order chi connectivity index (χ1) is 8.02. The number of rotatable bonds is 4. The molecule has 1 saturated carbocycles. The Morgan fingerprint density at radius 2 is 2.24 bits per heavy atom. The lowest BCUT2D eigenvalue weighted by Gasteiger charge is -2.14. The van der Waals surface area contributed by atoms with Crippen LogP contribution >= 0.6 is 0 Å². The van der Waals surface area contributed by atoms with E-state index < -0.39 is 6.04 Å². The second kappa shape index (κ2) is 6.47. The van der Waals surface area contributed by atoms with Gasteiger partial charge in [0.15, 0.2) is 0 Å². The highest BCUT2D eigenvalue weighted by atomic mass is 16.5. The Morgan fingerprint density at radius 1 is 1.53 bits per heavy atom. The molecular weight excluding hydrogens is 220 g/mol. The Morgan fingerprint density at radius 3 is 2.76 bits per heavy atom. The second-order valence-corrected chi connectivity index (χ2v) is 4.55. The van der Waals surface area contributed by atoms with Crippen molar-refractivity contribution >= 4 is 12.0 Å². The van der Waals surface area contributed by atoms with Gasteiger partial charge in [-0.05, 0) is 39.0 Å². The van der Waals surface area contributed by atoms with Gasteiger partial charge in [-0.1, -0.05) is 6.92 Å². The summed E-state index contributed by atoms with van der Waals surface area (Å²) >= 11 is 0. The molecule has 0 aromatic rings. The largest absolute Gasteiger partial charge is 0.466 e. The predicted molar refractivity (Wildman–Crippen MR) is 65.6 cm³/mol. The van der Waals surface area contributed by atoms with E-state index in [-0.39, 0.29) is 18.1 Å². The minimum atomic E-state index is -0.600. The first kappa shape index (κ1) is 13.8. The number of nitrogens with zero attached hydrogens (tertiary/aromatic N) is 1. The van der Waals surface area contributed by atoms with Gasteiger partial charge in [0, 0.05) is 0 Å². The van der Waals surface area contributed by atoms with Crippen LogP contribution < -0.4 is 5.73 Å². The van der Waals surface area contributed by atoms with Crippen LogP contribution in [0.2, 0.25) is 0 Å². The van der Waals surface area contributed by atoms with E-state index in [0.717, 1.165) is 19.3 Å². The monoisotopic (exact) mass is 242 g/mol. The molecule has 3 unspecified atom stereocenters. The number of hydrogen-bond acceptors (Lipinski definition) is 4. The van der Waals surface area contributed by atoms with Gasteiger partial charge >= 0.3 is 5.97 Å². The van der Waals surface area contributed by atoms with Crippen molar-refractivity contribution in [3.63, 3.8) is 0 Å². The summed E-state index contributed by atoms with van der Waals surface area (Å²) in [6.45, 7) is 6.08. The molecule has 1 aliphatic carbocycles. The number of nitrogens with two attached hydrogens (primary N) is 1. The molecule has 2 N–H and O–H groups in total. The SMILES string of the molecule is CCOC(N)=NC(C)C(=O)OC1CCC(C)C1. The van der Waals surface area contributed by atoms with E-state index in [2.05, 4.69) is 11.9 Å². The van der Waals surface area contributed by atoms with E-state index in [1.165, 1.54) is 0 Å². The standard InChI is InChI=1S/C12H22N2O3/c1-4-16-12(13)14-9(3)11(15)17-10-6-5-8(2)7-10/h8-10H,4-7H2,1-3H3,(H2,13,14). The van der Waals surface area contributed by atoms with Crippen LogP contribution in [0.15, 0.2) is 4.99 Å². The summed E-state index contributed by atoms with van der Waals surface area (Å²) in [5, 5.41) is 0. The van der Waals surface area contributed by atoms with Gasteiger partial charge < -0.3 is 15.2 Å². The van der Waals surface area contributed by atoms with Crippen molar-refractivity contribution < 1.29 is 14.3 Å². The van der Waals surface area contributed by atoms with Crippen LogP contribution in [-0.4, -0.2) is 30.7 Å². The van der Waals surface area contributed by atoms with Crippen molar-refractivity contribution in [2.24, 2.45) is 16.6 Å². The third kappa shape index (κ3) is 4.63. The minimum Gasteiger partial charge on any atom is -0.466 e. The summed E-state index contributed by atoms with van der Waals surface area (Å²) in [7, 11) is 0. The number of amidine groups is 1. The number of esters is 1. The van der Waals surface area contributed by atoms with E-state index in [0.29, 0.717) is 12.5 Å². The molecule has 0 amide bonds. The quantitative estimate of drug-likeness (QED) is 0.460. The van der Waals surface area contributed by atoms with E-state index in [9.17, 15) is 4.79 Å². The Hall–Kier alpha value is -1.26. The van der Waals surface area contributed by atoms with Crippen LogP contribution in [0.5, 0.6) is 0 Å². The highest BCUT2D eigenvalue weighted by Crippen LogP contribution is 2.27. The molecule has 0 aromatic heterocycles. The van der Waals surface area contributed by atoms with E-state index in [1.807, 2.05) is 6.92 Å². The lowest BCUT2D eigenvalue weighted by molar-refractivity contribution is -0.149. The number of aliphatic imine (C=N–C) groups is 1. The van der Waals surface area contributed by atoms with Crippen molar-refractivity contribution in [2.45, 2.75) is 52.2 Å². The van der Waals surface area contributed by atoms with Crippen molar-refractivity contribution in [1.82, 2.24) is 0 Å². The summed E-state index contributed by atoms with van der Waals surface area (Å²) in [5.74, 6) is 0.312. The van der Waals surface area contributed by atoms with Gasteiger partial charge in [0.05, 0.1) is 6.61 Å². The predicted octanol–water partition coefficient (Wildman–Crippen LogP) is 1.46. The van der Waals surface area contributed by atoms with Crippen molar-refractivity contribution in [3.05, 3.63) is 0 Å². The summed E-state index contributed by atoms with van der Waals surface area (Å²) in [5.41, 5.74) is 5.47. The summed E-state index contributed by atoms with van der Waals surface area (Å²) in [4.78, 5) is 15.6. The highest BCUT2D eigenvalue weighted by Gasteiger charge is 2.26. The molecule has 5 heteroatoms. The van der Waals surface area contributed by atoms with Crippen molar-refractivity contribution in [2.75, 3.05) is 6.61 Å². The molecule has 1 rings (SSSR count). The topological polar surface area (TPSA) is 73.9 Å². The van der Waals surface area contributed by atoms with Crippen LogP contribution in [0.3, 0.4) is 0 Å². The third-order valence-electron chi connectivity index (χ3n) is 2.88. The van der Waals surface area contributed by atoms with E-state index in [4.69, 9.17) is 15.2 Å². The smallest absolute Gasteiger partial charge is 0.331 e. The summed E-state index contributed by atoms with van der Waals surface area (Å²) in [6.07, 6.45) is 3.06. The van der Waals surface area contributed by atoms with Crippen molar-refractivity contribution in [3.8, 4) is 0 Å². The van der Waals surface area contributed by atoms with Crippen molar-refractivity contribution in [1.29, 1.82) is 0 Å². The fourth-order valence-electron chi connectivity index (χ4n) is 1.95. The number of hydrogen-bond donors (Lipinski definition) is 1. The van der Waals surface area contributed by atoms with Crippen LogP contribution in [-0.2, 0) is 14.3 Å². The van der Waals surface area contributed by atoms with Crippen LogP contribution in [0, 0.1) is 5.92 Å². The molecule has 0 spiro atoms. The first-order valence-electron chi connectivity index (χ1n) is 6.19. The Balaban J connectivity index is 2.39. The average Bonchev–Trinajstić information content (AvgIpc) is 2.64. The maximum absolute atomic E-state index is 11.7. The first-order valence-corrected chi connectivity index (χ1v) is 6.19. The van der Waals surface area contributed by atoms with Crippen LogP contribution in [0.1, 0.15) is 40.0 Å². The van der Waals surface area contributed by atoms with E-state index in [1.54, 1.807) is 6.92 Å². The molecule has 3 atom stereocenters. The maximum Gasteiger partial charge on any atom is 0.331 e. The molecule has 0 aliphatic heterocycles. The molecular formula is C12H22N2O3. The van der Waals surface area contributed by atoms with Gasteiger partial charge in [-0.2, -0.15) is 0 Å². The molecule has 0 bridgehead atoms. The molecule has 0 saturated heterocycles. The molecule has 1 aliphatic rings. The van der Waals surface area contributed by atoms with Crippen LogP contribution in [0.4, 0.5) is 0 Å². The summed E-state index contributed by atoms with van der Waals surface area (Å²) in [6, 6.07) is -0.561. The zero-order chi connectivity index (χ0) is 12.8. The third-order valence-corrected chi connectivity index (χ3v) is 2.88. The molecule has 1 fully saturated rings. The molecule has 98 valence electrons. The van der Waals surface area contributed by atoms with Gasteiger partial charge in [-0.25, -0.2) is 9.79 Å². The fourth-order valence-corrected chi connectivity index (χ4v) is 1.95. The lowest BCUT2D eigenvalue weighted by Crippen LogP contribution is -2.27. The van der Waals surface area contributed by atoms with Gasteiger partial charge in [0.25, 0.3) is 6.02 Å². The zero-order valence-electron chi connectivity index (χ0n) is 10.8. The number of carbonyl (C=O) groups is 1. The lowest BCUT2D eigenvalue weighted by atomic mass is 10.1. The molecule has 0 heterocycles. The second-order valence-electron chi connectivity index (χ2n) is 4.55. The average molecular weight is 242 g/mol. The fraction of sp³-hybridized carbons (Fsp3) is 0.833. The molecule has 0 aromatic carbocycles. The molecule has 17 heavy (non-hydrogen) atoms. The Labute approximate surface area is 102 Å². The number of carbonyl (C=O) groups excluding carboxylic acids is 1. The molecule has 5 nitrogen and oxygen atoms in total. The zero-order valence-corrected chi connectivity index (χ0v) is 10.8. The van der Waals surface area contributed by atoms with Gasteiger partial charge in [0.2, 0.25) is 0 Å². The van der Waals surface area contributed by atoms with Crippen LogP contribution in [0.25, 0.3) is 0 Å². The van der Waals surface area contributed by atoms with Gasteiger partial charge in [-0.15, -0.1) is 0 Å². The minimum absolute atomic E-state index is 0.0386.